The number of pyridine rings is 1. The van der Waals surface area contributed by atoms with Crippen molar-refractivity contribution in [2.24, 2.45) is 0 Å². The summed E-state index contributed by atoms with van der Waals surface area (Å²) in [5.74, 6) is -0.423. The van der Waals surface area contributed by atoms with Gasteiger partial charge in [-0.25, -0.2) is 4.79 Å². The van der Waals surface area contributed by atoms with Crippen molar-refractivity contribution in [3.8, 4) is 0 Å². The van der Waals surface area contributed by atoms with Crippen molar-refractivity contribution in [3.63, 3.8) is 0 Å². The van der Waals surface area contributed by atoms with E-state index in [-0.39, 0.29) is 31.3 Å². The summed E-state index contributed by atoms with van der Waals surface area (Å²) >= 11 is 0. The Balaban J connectivity index is 1.47. The number of nitrogens with zero attached hydrogens (tertiary/aromatic N) is 2. The van der Waals surface area contributed by atoms with E-state index in [0.717, 1.165) is 5.56 Å². The second kappa shape index (κ2) is 8.11. The molecule has 0 saturated carbocycles. The number of carbonyl (C=O) groups excluding carboxylic acids is 3. The summed E-state index contributed by atoms with van der Waals surface area (Å²) < 4.78 is 0. The first-order chi connectivity index (χ1) is 12.6. The molecule has 1 aromatic carbocycles. The fourth-order valence-electron chi connectivity index (χ4n) is 2.58. The van der Waals surface area contributed by atoms with E-state index in [1.807, 2.05) is 12.1 Å². The average molecular weight is 353 g/mol. The summed E-state index contributed by atoms with van der Waals surface area (Å²) in [4.78, 5) is 41.3. The normalized spacial score (nSPS) is 12.8. The molecule has 1 aliphatic heterocycles. The van der Waals surface area contributed by atoms with Crippen molar-refractivity contribution in [1.29, 1.82) is 0 Å². The van der Waals surface area contributed by atoms with Crippen molar-refractivity contribution >= 4 is 29.2 Å². The molecule has 3 N–H and O–H groups in total. The van der Waals surface area contributed by atoms with Gasteiger partial charge in [-0.15, -0.1) is 0 Å². The van der Waals surface area contributed by atoms with Crippen LogP contribution in [0.4, 0.5) is 16.2 Å². The lowest BCUT2D eigenvalue weighted by Crippen LogP contribution is -2.47. The number of urea groups is 1. The van der Waals surface area contributed by atoms with Crippen LogP contribution in [0.25, 0.3) is 0 Å². The minimum atomic E-state index is -0.408. The minimum absolute atomic E-state index is 0.0584. The van der Waals surface area contributed by atoms with Gasteiger partial charge in [0.2, 0.25) is 11.8 Å². The van der Waals surface area contributed by atoms with Gasteiger partial charge in [-0.3, -0.25) is 19.5 Å². The van der Waals surface area contributed by atoms with Gasteiger partial charge in [0.1, 0.15) is 6.54 Å². The zero-order valence-corrected chi connectivity index (χ0v) is 14.1. The summed E-state index contributed by atoms with van der Waals surface area (Å²) in [7, 11) is 0. The Hall–Kier alpha value is -3.42. The van der Waals surface area contributed by atoms with Gasteiger partial charge in [-0.2, -0.15) is 0 Å². The maximum Gasteiger partial charge on any atom is 0.322 e. The van der Waals surface area contributed by atoms with Crippen LogP contribution < -0.4 is 20.9 Å². The van der Waals surface area contributed by atoms with Crippen molar-refractivity contribution < 1.29 is 14.4 Å². The molecule has 2 aromatic rings. The molecule has 26 heavy (non-hydrogen) atoms. The molecular weight excluding hydrogens is 334 g/mol. The van der Waals surface area contributed by atoms with E-state index in [1.54, 1.807) is 36.7 Å². The van der Waals surface area contributed by atoms with E-state index in [0.29, 0.717) is 17.9 Å². The third-order valence-electron chi connectivity index (χ3n) is 3.88. The lowest BCUT2D eigenvalue weighted by atomic mass is 10.2. The largest absolute Gasteiger partial charge is 0.352 e. The molecule has 0 spiro atoms. The highest BCUT2D eigenvalue weighted by Gasteiger charge is 2.26. The Kier molecular flexibility index (Phi) is 5.43. The van der Waals surface area contributed by atoms with Gasteiger partial charge >= 0.3 is 6.03 Å². The summed E-state index contributed by atoms with van der Waals surface area (Å²) in [6, 6.07) is 10.3. The number of rotatable bonds is 5. The van der Waals surface area contributed by atoms with Crippen LogP contribution in [-0.2, 0) is 16.1 Å². The molecule has 0 unspecified atom stereocenters. The number of anilines is 2. The number of hydrogen-bond acceptors (Lipinski definition) is 4. The molecule has 2 heterocycles. The summed E-state index contributed by atoms with van der Waals surface area (Å²) in [6.45, 7) is 0.535. The Morgan fingerprint density at radius 3 is 2.69 bits per heavy atom. The molecule has 0 radical (unpaired) electrons. The second-order valence-electron chi connectivity index (χ2n) is 5.77. The first kappa shape index (κ1) is 17.4. The average Bonchev–Trinajstić information content (AvgIpc) is 2.66. The van der Waals surface area contributed by atoms with Crippen LogP contribution in [0.15, 0.2) is 48.8 Å². The smallest absolute Gasteiger partial charge is 0.322 e. The van der Waals surface area contributed by atoms with Crippen LogP contribution in [0.5, 0.6) is 0 Å². The van der Waals surface area contributed by atoms with E-state index in [9.17, 15) is 14.4 Å². The molecular formula is C18H19N5O3. The quantitative estimate of drug-likeness (QED) is 0.753. The number of nitrogens with one attached hydrogen (secondary N) is 3. The highest BCUT2D eigenvalue weighted by atomic mass is 16.2. The molecule has 0 bridgehead atoms. The van der Waals surface area contributed by atoms with Crippen LogP contribution in [0.3, 0.4) is 0 Å². The number of fused-ring (bicyclic) bond motifs is 1. The van der Waals surface area contributed by atoms with Crippen LogP contribution >= 0.6 is 0 Å². The van der Waals surface area contributed by atoms with Gasteiger partial charge in [-0.1, -0.05) is 12.1 Å². The fraction of sp³-hybridized carbons (Fsp3) is 0.222. The van der Waals surface area contributed by atoms with Gasteiger partial charge in [0.15, 0.2) is 0 Å². The van der Waals surface area contributed by atoms with E-state index >= 15 is 0 Å². The molecule has 8 heteroatoms. The zero-order valence-electron chi connectivity index (χ0n) is 14.1. The van der Waals surface area contributed by atoms with Crippen LogP contribution in [-0.4, -0.2) is 35.9 Å². The number of para-hydroxylation sites is 2. The summed E-state index contributed by atoms with van der Waals surface area (Å²) in [6.07, 6.45) is 3.47. The first-order valence-electron chi connectivity index (χ1n) is 8.23. The molecule has 0 saturated heterocycles. The highest BCUT2D eigenvalue weighted by molar-refractivity contribution is 6.09. The van der Waals surface area contributed by atoms with E-state index < -0.39 is 6.03 Å². The van der Waals surface area contributed by atoms with Gasteiger partial charge in [-0.05, 0) is 29.8 Å². The maximum absolute atomic E-state index is 12.4. The molecule has 0 aliphatic carbocycles. The third-order valence-corrected chi connectivity index (χ3v) is 3.88. The van der Waals surface area contributed by atoms with Crippen LogP contribution in [0.2, 0.25) is 0 Å². The van der Waals surface area contributed by atoms with Gasteiger partial charge < -0.3 is 16.0 Å². The molecule has 0 atom stereocenters. The third kappa shape index (κ3) is 4.35. The van der Waals surface area contributed by atoms with Gasteiger partial charge in [0.05, 0.1) is 11.4 Å². The van der Waals surface area contributed by atoms with Crippen molar-refractivity contribution in [2.45, 2.75) is 13.0 Å². The topological polar surface area (TPSA) is 103 Å². The molecule has 1 aliphatic rings. The van der Waals surface area contributed by atoms with Crippen LogP contribution in [0.1, 0.15) is 12.0 Å². The van der Waals surface area contributed by atoms with E-state index in [4.69, 9.17) is 0 Å². The van der Waals surface area contributed by atoms with Gasteiger partial charge in [0.25, 0.3) is 0 Å². The monoisotopic (exact) mass is 353 g/mol. The SMILES string of the molecule is O=C(CCNC(=O)N1CC(=O)Nc2ccccc21)NCc1ccncc1. The predicted octanol–water partition coefficient (Wildman–Crippen LogP) is 1.26. The number of hydrogen-bond donors (Lipinski definition) is 3. The molecule has 8 nitrogen and oxygen atoms in total. The standard InChI is InChI=1S/C18H19N5O3/c24-16(21-11-13-5-8-19-9-6-13)7-10-20-18(26)23-12-17(25)22-14-3-1-2-4-15(14)23/h1-6,8-9H,7,10-12H2,(H,20,26)(H,21,24)(H,22,25). The Morgan fingerprint density at radius 2 is 1.88 bits per heavy atom. The summed E-state index contributed by atoms with van der Waals surface area (Å²) in [5.41, 5.74) is 2.18. The Morgan fingerprint density at radius 1 is 1.12 bits per heavy atom. The number of benzene rings is 1. The summed E-state index contributed by atoms with van der Waals surface area (Å²) in [5, 5.41) is 8.18. The van der Waals surface area contributed by atoms with Crippen molar-refractivity contribution in [1.82, 2.24) is 15.6 Å². The first-order valence-corrected chi connectivity index (χ1v) is 8.23. The van der Waals surface area contributed by atoms with E-state index in [2.05, 4.69) is 20.9 Å². The van der Waals surface area contributed by atoms with E-state index in [1.165, 1.54) is 4.90 Å². The molecule has 134 valence electrons. The Bertz CT molecular complexity index is 809. The number of amides is 4. The minimum Gasteiger partial charge on any atom is -0.352 e. The van der Waals surface area contributed by atoms with Gasteiger partial charge in [0, 0.05) is 31.9 Å². The lowest BCUT2D eigenvalue weighted by Gasteiger charge is -2.29. The second-order valence-corrected chi connectivity index (χ2v) is 5.77. The molecule has 4 amide bonds. The van der Waals surface area contributed by atoms with Crippen molar-refractivity contribution in [3.05, 3.63) is 54.4 Å². The Labute approximate surface area is 150 Å². The lowest BCUT2D eigenvalue weighted by molar-refractivity contribution is -0.121. The fourth-order valence-corrected chi connectivity index (χ4v) is 2.58. The maximum atomic E-state index is 12.4. The zero-order chi connectivity index (χ0) is 18.4. The van der Waals surface area contributed by atoms with Crippen LogP contribution in [0, 0.1) is 0 Å². The molecule has 1 aromatic heterocycles. The molecule has 0 fully saturated rings. The van der Waals surface area contributed by atoms with Crippen molar-refractivity contribution in [2.75, 3.05) is 23.3 Å². The number of aromatic nitrogens is 1. The number of carbonyl (C=O) groups is 3. The molecule has 3 rings (SSSR count). The highest BCUT2D eigenvalue weighted by Crippen LogP contribution is 2.28. The predicted molar refractivity (Wildman–Crippen MR) is 96.5 cm³/mol.